The Balaban J connectivity index is 2.48. The lowest BCUT2D eigenvalue weighted by Crippen LogP contribution is -2.27. The summed E-state index contributed by atoms with van der Waals surface area (Å²) in [5.41, 5.74) is 8.59. The normalized spacial score (nSPS) is 12.7. The van der Waals surface area contributed by atoms with Gasteiger partial charge in [0.05, 0.1) is 5.69 Å². The summed E-state index contributed by atoms with van der Waals surface area (Å²) in [6, 6.07) is 9.67. The van der Waals surface area contributed by atoms with Crippen LogP contribution in [0.15, 0.2) is 35.1 Å². The molecule has 106 valence electrons. The summed E-state index contributed by atoms with van der Waals surface area (Å²) < 4.78 is 0. The molecule has 0 aliphatic rings. The first-order valence-electron chi connectivity index (χ1n) is 6.88. The molecular weight excluding hydrogens is 250 g/mol. The molecule has 3 N–H and O–H groups in total. The second kappa shape index (κ2) is 6.01. The molecular formula is C16H21N3O. The molecule has 1 heterocycles. The molecule has 0 bridgehead atoms. The van der Waals surface area contributed by atoms with E-state index >= 15 is 0 Å². The first-order chi connectivity index (χ1) is 9.49. The van der Waals surface area contributed by atoms with E-state index in [-0.39, 0.29) is 17.5 Å². The summed E-state index contributed by atoms with van der Waals surface area (Å²) in [7, 11) is 0. The molecule has 0 spiro atoms. The SMILES string of the molecule is Cc1nc(C(N)C(C)C)c(Cc2ccccc2)c(=O)[nH]1. The van der Waals surface area contributed by atoms with Crippen LogP contribution in [0.25, 0.3) is 0 Å². The number of aromatic amines is 1. The number of H-pyrrole nitrogens is 1. The Kier molecular flexibility index (Phi) is 4.35. The third-order valence-electron chi connectivity index (χ3n) is 3.42. The van der Waals surface area contributed by atoms with Gasteiger partial charge in [-0.2, -0.15) is 0 Å². The van der Waals surface area contributed by atoms with Crippen LogP contribution in [-0.2, 0) is 6.42 Å². The van der Waals surface area contributed by atoms with Crippen molar-refractivity contribution in [3.8, 4) is 0 Å². The maximum atomic E-state index is 12.2. The number of hydrogen-bond donors (Lipinski definition) is 2. The van der Waals surface area contributed by atoms with E-state index in [1.807, 2.05) is 44.2 Å². The zero-order valence-electron chi connectivity index (χ0n) is 12.2. The Morgan fingerprint density at radius 2 is 1.90 bits per heavy atom. The summed E-state index contributed by atoms with van der Waals surface area (Å²) in [6.07, 6.45) is 0.555. The van der Waals surface area contributed by atoms with Crippen molar-refractivity contribution < 1.29 is 0 Å². The molecule has 2 rings (SSSR count). The van der Waals surface area contributed by atoms with Crippen LogP contribution < -0.4 is 11.3 Å². The van der Waals surface area contributed by atoms with E-state index in [0.29, 0.717) is 23.5 Å². The lowest BCUT2D eigenvalue weighted by molar-refractivity contribution is 0.496. The van der Waals surface area contributed by atoms with Crippen molar-refractivity contribution in [3.05, 3.63) is 63.3 Å². The quantitative estimate of drug-likeness (QED) is 0.896. The number of rotatable bonds is 4. The van der Waals surface area contributed by atoms with Gasteiger partial charge in [-0.25, -0.2) is 4.98 Å². The Labute approximate surface area is 119 Å². The van der Waals surface area contributed by atoms with Gasteiger partial charge < -0.3 is 10.7 Å². The molecule has 20 heavy (non-hydrogen) atoms. The maximum Gasteiger partial charge on any atom is 0.254 e. The zero-order valence-corrected chi connectivity index (χ0v) is 12.2. The van der Waals surface area contributed by atoms with Gasteiger partial charge in [-0.15, -0.1) is 0 Å². The van der Waals surface area contributed by atoms with Crippen molar-refractivity contribution in [2.75, 3.05) is 0 Å². The van der Waals surface area contributed by atoms with E-state index < -0.39 is 0 Å². The fourth-order valence-electron chi connectivity index (χ4n) is 2.19. The number of nitrogens with zero attached hydrogens (tertiary/aromatic N) is 1. The molecule has 1 atom stereocenters. The van der Waals surface area contributed by atoms with Gasteiger partial charge in [0, 0.05) is 18.0 Å². The average molecular weight is 271 g/mol. The van der Waals surface area contributed by atoms with Crippen molar-refractivity contribution in [1.82, 2.24) is 9.97 Å². The van der Waals surface area contributed by atoms with Gasteiger partial charge in [-0.1, -0.05) is 44.2 Å². The number of nitrogens with one attached hydrogen (secondary N) is 1. The van der Waals surface area contributed by atoms with Crippen LogP contribution in [0, 0.1) is 12.8 Å². The van der Waals surface area contributed by atoms with E-state index in [1.54, 1.807) is 6.92 Å². The number of hydrogen-bond acceptors (Lipinski definition) is 3. The third-order valence-corrected chi connectivity index (χ3v) is 3.42. The molecule has 0 saturated heterocycles. The highest BCUT2D eigenvalue weighted by atomic mass is 16.1. The summed E-state index contributed by atoms with van der Waals surface area (Å²) in [5.74, 6) is 0.844. The lowest BCUT2D eigenvalue weighted by atomic mass is 9.95. The molecule has 0 saturated carbocycles. The van der Waals surface area contributed by atoms with Gasteiger partial charge in [0.25, 0.3) is 5.56 Å². The Bertz CT molecular complexity index is 632. The minimum atomic E-state index is -0.227. The standard InChI is InChI=1S/C16H21N3O/c1-10(2)14(17)15-13(16(20)19-11(3)18-15)9-12-7-5-4-6-8-12/h4-8,10,14H,9,17H2,1-3H3,(H,18,19,20). The number of aryl methyl sites for hydroxylation is 1. The largest absolute Gasteiger partial charge is 0.322 e. The van der Waals surface area contributed by atoms with Crippen molar-refractivity contribution in [1.29, 1.82) is 0 Å². The molecule has 1 aromatic carbocycles. The van der Waals surface area contributed by atoms with E-state index in [1.165, 1.54) is 0 Å². The van der Waals surface area contributed by atoms with Gasteiger partial charge >= 0.3 is 0 Å². The van der Waals surface area contributed by atoms with E-state index in [9.17, 15) is 4.79 Å². The fraction of sp³-hybridized carbons (Fsp3) is 0.375. The summed E-state index contributed by atoms with van der Waals surface area (Å²) in [6.45, 7) is 5.86. The second-order valence-corrected chi connectivity index (χ2v) is 5.45. The molecule has 0 fully saturated rings. The number of aromatic nitrogens is 2. The fourth-order valence-corrected chi connectivity index (χ4v) is 2.19. The Morgan fingerprint density at radius 1 is 1.25 bits per heavy atom. The van der Waals surface area contributed by atoms with Crippen LogP contribution in [0.5, 0.6) is 0 Å². The minimum absolute atomic E-state index is 0.0903. The van der Waals surface area contributed by atoms with Crippen molar-refractivity contribution >= 4 is 0 Å². The van der Waals surface area contributed by atoms with Crippen LogP contribution in [0.1, 0.15) is 42.5 Å². The predicted octanol–water partition coefficient (Wildman–Crippen LogP) is 2.32. The molecule has 0 amide bonds. The Hall–Kier alpha value is -1.94. The van der Waals surface area contributed by atoms with Crippen LogP contribution in [0.3, 0.4) is 0 Å². The van der Waals surface area contributed by atoms with Crippen LogP contribution in [0.2, 0.25) is 0 Å². The second-order valence-electron chi connectivity index (χ2n) is 5.45. The van der Waals surface area contributed by atoms with Crippen LogP contribution in [-0.4, -0.2) is 9.97 Å². The molecule has 1 unspecified atom stereocenters. The van der Waals surface area contributed by atoms with Gasteiger partial charge in [-0.3, -0.25) is 4.79 Å². The number of nitrogens with two attached hydrogens (primary N) is 1. The predicted molar refractivity (Wildman–Crippen MR) is 80.6 cm³/mol. The summed E-state index contributed by atoms with van der Waals surface area (Å²) in [5, 5.41) is 0. The molecule has 4 nitrogen and oxygen atoms in total. The molecule has 0 radical (unpaired) electrons. The topological polar surface area (TPSA) is 71.8 Å². The summed E-state index contributed by atoms with van der Waals surface area (Å²) >= 11 is 0. The highest BCUT2D eigenvalue weighted by molar-refractivity contribution is 5.29. The molecule has 2 aromatic rings. The molecule has 0 aliphatic heterocycles. The van der Waals surface area contributed by atoms with Gasteiger partial charge in [0.1, 0.15) is 5.82 Å². The number of benzene rings is 1. The zero-order chi connectivity index (χ0) is 14.7. The molecule has 1 aromatic heterocycles. The van der Waals surface area contributed by atoms with E-state index in [0.717, 1.165) is 5.56 Å². The van der Waals surface area contributed by atoms with Crippen molar-refractivity contribution in [2.24, 2.45) is 11.7 Å². The monoisotopic (exact) mass is 271 g/mol. The van der Waals surface area contributed by atoms with Crippen molar-refractivity contribution in [2.45, 2.75) is 33.2 Å². The minimum Gasteiger partial charge on any atom is -0.322 e. The van der Waals surface area contributed by atoms with Gasteiger partial charge in [-0.05, 0) is 18.4 Å². The van der Waals surface area contributed by atoms with Crippen LogP contribution in [0.4, 0.5) is 0 Å². The first-order valence-corrected chi connectivity index (χ1v) is 6.88. The smallest absolute Gasteiger partial charge is 0.254 e. The van der Waals surface area contributed by atoms with Gasteiger partial charge in [0.2, 0.25) is 0 Å². The van der Waals surface area contributed by atoms with Crippen LogP contribution >= 0.6 is 0 Å². The average Bonchev–Trinajstić information content (AvgIpc) is 2.41. The third kappa shape index (κ3) is 3.14. The highest BCUT2D eigenvalue weighted by Crippen LogP contribution is 2.20. The summed E-state index contributed by atoms with van der Waals surface area (Å²) in [4.78, 5) is 19.5. The van der Waals surface area contributed by atoms with E-state index in [2.05, 4.69) is 9.97 Å². The maximum absolute atomic E-state index is 12.2. The van der Waals surface area contributed by atoms with Crippen molar-refractivity contribution in [3.63, 3.8) is 0 Å². The lowest BCUT2D eigenvalue weighted by Gasteiger charge is -2.18. The molecule has 0 aliphatic carbocycles. The first kappa shape index (κ1) is 14.5. The highest BCUT2D eigenvalue weighted by Gasteiger charge is 2.19. The molecule has 4 heteroatoms. The van der Waals surface area contributed by atoms with E-state index in [4.69, 9.17) is 5.73 Å². The Morgan fingerprint density at radius 3 is 2.50 bits per heavy atom. The van der Waals surface area contributed by atoms with Gasteiger partial charge in [0.15, 0.2) is 0 Å².